The van der Waals surface area contributed by atoms with Gasteiger partial charge in [-0.3, -0.25) is 4.79 Å². The van der Waals surface area contributed by atoms with E-state index in [1.807, 2.05) is 6.92 Å². The molecule has 0 radical (unpaired) electrons. The topological polar surface area (TPSA) is 41.1 Å². The highest BCUT2D eigenvalue weighted by Crippen LogP contribution is 2.12. The Morgan fingerprint density at radius 2 is 1.94 bits per heavy atom. The molecule has 1 atom stereocenters. The third-order valence-corrected chi connectivity index (χ3v) is 2.50. The lowest BCUT2D eigenvalue weighted by atomic mass is 10.1. The molecule has 5 heteroatoms. The molecule has 94 valence electrons. The molecule has 0 aromatic heterocycles. The third-order valence-electron chi connectivity index (χ3n) is 2.50. The van der Waals surface area contributed by atoms with Gasteiger partial charge in [-0.1, -0.05) is 6.07 Å². The molecule has 3 nitrogen and oxygen atoms in total. The highest BCUT2D eigenvalue weighted by molar-refractivity contribution is 5.78. The molecule has 0 aliphatic rings. The van der Waals surface area contributed by atoms with Crippen LogP contribution in [0.3, 0.4) is 0 Å². The third kappa shape index (κ3) is 4.11. The average molecular weight is 242 g/mol. The van der Waals surface area contributed by atoms with Crippen molar-refractivity contribution in [3.63, 3.8) is 0 Å². The minimum Gasteiger partial charge on any atom is -0.354 e. The zero-order chi connectivity index (χ0) is 12.8. The summed E-state index contributed by atoms with van der Waals surface area (Å²) in [6.07, 6.45) is -0.283. The maximum absolute atomic E-state index is 13.2. The van der Waals surface area contributed by atoms with Crippen LogP contribution in [0.4, 0.5) is 8.78 Å². The van der Waals surface area contributed by atoms with Gasteiger partial charge in [-0.15, -0.1) is 0 Å². The second kappa shape index (κ2) is 6.30. The number of hydrogen-bond donors (Lipinski definition) is 2. The maximum Gasteiger partial charge on any atom is 0.224 e. The van der Waals surface area contributed by atoms with Crippen molar-refractivity contribution < 1.29 is 13.6 Å². The van der Waals surface area contributed by atoms with Crippen LogP contribution < -0.4 is 10.6 Å². The van der Waals surface area contributed by atoms with Gasteiger partial charge in [-0.2, -0.15) is 0 Å². The average Bonchev–Trinajstić information content (AvgIpc) is 2.31. The summed E-state index contributed by atoms with van der Waals surface area (Å²) in [5, 5.41) is 5.55. The number of hydrogen-bond acceptors (Lipinski definition) is 2. The summed E-state index contributed by atoms with van der Waals surface area (Å²) in [6.45, 7) is 2.31. The number of carbonyl (C=O) groups excluding carboxylic acids is 1. The Morgan fingerprint density at radius 3 is 2.47 bits per heavy atom. The van der Waals surface area contributed by atoms with Crippen LogP contribution >= 0.6 is 0 Å². The summed E-state index contributed by atoms with van der Waals surface area (Å²) < 4.78 is 26.5. The van der Waals surface area contributed by atoms with Gasteiger partial charge in [0.1, 0.15) is 11.6 Å². The van der Waals surface area contributed by atoms with Gasteiger partial charge in [-0.25, -0.2) is 8.78 Å². The van der Waals surface area contributed by atoms with Gasteiger partial charge < -0.3 is 10.6 Å². The molecule has 1 aromatic carbocycles. The monoisotopic (exact) mass is 242 g/mol. The van der Waals surface area contributed by atoms with E-state index in [0.717, 1.165) is 12.1 Å². The SMILES string of the molecule is CNC(C)CNC(=O)Cc1c(F)cccc1F. The Hall–Kier alpha value is -1.49. The van der Waals surface area contributed by atoms with Gasteiger partial charge in [0, 0.05) is 18.2 Å². The summed E-state index contributed by atoms with van der Waals surface area (Å²) in [6, 6.07) is 3.67. The van der Waals surface area contributed by atoms with Crippen molar-refractivity contribution >= 4 is 5.91 Å². The van der Waals surface area contributed by atoms with Crippen LogP contribution in [0, 0.1) is 11.6 Å². The van der Waals surface area contributed by atoms with E-state index in [2.05, 4.69) is 10.6 Å². The predicted molar refractivity (Wildman–Crippen MR) is 61.6 cm³/mol. The summed E-state index contributed by atoms with van der Waals surface area (Å²) in [7, 11) is 1.77. The van der Waals surface area contributed by atoms with Crippen molar-refractivity contribution in [2.75, 3.05) is 13.6 Å². The van der Waals surface area contributed by atoms with Crippen LogP contribution in [0.5, 0.6) is 0 Å². The normalized spacial score (nSPS) is 12.2. The Kier molecular flexibility index (Phi) is 5.03. The number of nitrogens with one attached hydrogen (secondary N) is 2. The second-order valence-corrected chi connectivity index (χ2v) is 3.87. The molecule has 17 heavy (non-hydrogen) atoms. The molecule has 2 N–H and O–H groups in total. The molecular formula is C12H16F2N2O. The van der Waals surface area contributed by atoms with Crippen molar-refractivity contribution in [2.24, 2.45) is 0 Å². The fourth-order valence-corrected chi connectivity index (χ4v) is 1.29. The second-order valence-electron chi connectivity index (χ2n) is 3.87. The van der Waals surface area contributed by atoms with E-state index in [-0.39, 0.29) is 18.0 Å². The zero-order valence-electron chi connectivity index (χ0n) is 9.89. The summed E-state index contributed by atoms with van der Waals surface area (Å²) in [5.41, 5.74) is -0.192. The molecular weight excluding hydrogens is 226 g/mol. The molecule has 0 aliphatic carbocycles. The van der Waals surface area contributed by atoms with E-state index in [9.17, 15) is 13.6 Å². The molecule has 1 aromatic rings. The minimum atomic E-state index is -0.693. The Bertz CT molecular complexity index is 376. The van der Waals surface area contributed by atoms with Gasteiger partial charge >= 0.3 is 0 Å². The van der Waals surface area contributed by atoms with E-state index in [0.29, 0.717) is 6.54 Å². The van der Waals surface area contributed by atoms with Crippen LogP contribution in [0.25, 0.3) is 0 Å². The van der Waals surface area contributed by atoms with Crippen LogP contribution in [0.1, 0.15) is 12.5 Å². The molecule has 0 bridgehead atoms. The van der Waals surface area contributed by atoms with E-state index in [1.165, 1.54) is 6.07 Å². The predicted octanol–water partition coefficient (Wildman–Crippen LogP) is 1.23. The minimum absolute atomic E-state index is 0.115. The molecule has 0 aliphatic heterocycles. The number of likely N-dealkylation sites (N-methyl/N-ethyl adjacent to an activating group) is 1. The Morgan fingerprint density at radius 1 is 1.35 bits per heavy atom. The summed E-state index contributed by atoms with van der Waals surface area (Å²) >= 11 is 0. The maximum atomic E-state index is 13.2. The van der Waals surface area contributed by atoms with Crippen molar-refractivity contribution in [1.82, 2.24) is 10.6 Å². The fourth-order valence-electron chi connectivity index (χ4n) is 1.29. The molecule has 1 rings (SSSR count). The highest BCUT2D eigenvalue weighted by atomic mass is 19.1. The highest BCUT2D eigenvalue weighted by Gasteiger charge is 2.13. The van der Waals surface area contributed by atoms with Crippen molar-refractivity contribution in [3.8, 4) is 0 Å². The number of amides is 1. The lowest BCUT2D eigenvalue weighted by Gasteiger charge is -2.11. The molecule has 1 unspecified atom stereocenters. The summed E-state index contributed by atoms with van der Waals surface area (Å²) in [5.74, 6) is -1.78. The lowest BCUT2D eigenvalue weighted by molar-refractivity contribution is -0.120. The number of rotatable bonds is 5. The van der Waals surface area contributed by atoms with E-state index in [4.69, 9.17) is 0 Å². The molecule has 0 heterocycles. The van der Waals surface area contributed by atoms with Crippen LogP contribution in [0.15, 0.2) is 18.2 Å². The van der Waals surface area contributed by atoms with Gasteiger partial charge in [0.2, 0.25) is 5.91 Å². The molecule has 0 spiro atoms. The standard InChI is InChI=1S/C12H16F2N2O/c1-8(15-2)7-16-12(17)6-9-10(13)4-3-5-11(9)14/h3-5,8,15H,6-7H2,1-2H3,(H,16,17). The smallest absolute Gasteiger partial charge is 0.224 e. The molecule has 1 amide bonds. The van der Waals surface area contributed by atoms with E-state index in [1.54, 1.807) is 7.05 Å². The van der Waals surface area contributed by atoms with Gasteiger partial charge in [0.25, 0.3) is 0 Å². The van der Waals surface area contributed by atoms with Crippen LogP contribution in [-0.2, 0) is 11.2 Å². The van der Waals surface area contributed by atoms with Crippen molar-refractivity contribution in [3.05, 3.63) is 35.4 Å². The van der Waals surface area contributed by atoms with Crippen LogP contribution in [0.2, 0.25) is 0 Å². The number of carbonyl (C=O) groups is 1. The first-order valence-corrected chi connectivity index (χ1v) is 5.41. The Labute approximate surface area is 99.2 Å². The molecule has 0 saturated carbocycles. The largest absolute Gasteiger partial charge is 0.354 e. The van der Waals surface area contributed by atoms with Gasteiger partial charge in [0.05, 0.1) is 6.42 Å². The van der Waals surface area contributed by atoms with Crippen molar-refractivity contribution in [1.29, 1.82) is 0 Å². The van der Waals surface area contributed by atoms with Crippen molar-refractivity contribution in [2.45, 2.75) is 19.4 Å². The van der Waals surface area contributed by atoms with E-state index >= 15 is 0 Å². The number of halogens is 2. The first-order chi connectivity index (χ1) is 8.04. The zero-order valence-corrected chi connectivity index (χ0v) is 9.89. The summed E-state index contributed by atoms with van der Waals surface area (Å²) in [4.78, 5) is 11.5. The first-order valence-electron chi connectivity index (χ1n) is 5.41. The first kappa shape index (κ1) is 13.6. The number of benzene rings is 1. The quantitative estimate of drug-likeness (QED) is 0.815. The Balaban J connectivity index is 2.56. The lowest BCUT2D eigenvalue weighted by Crippen LogP contribution is -2.38. The molecule has 0 saturated heterocycles. The molecule has 0 fully saturated rings. The fraction of sp³-hybridized carbons (Fsp3) is 0.417. The van der Waals surface area contributed by atoms with Crippen LogP contribution in [-0.4, -0.2) is 25.5 Å². The van der Waals surface area contributed by atoms with Gasteiger partial charge in [-0.05, 0) is 26.1 Å². The van der Waals surface area contributed by atoms with Gasteiger partial charge in [0.15, 0.2) is 0 Å². The van der Waals surface area contributed by atoms with E-state index < -0.39 is 17.5 Å².